The van der Waals surface area contributed by atoms with Crippen molar-refractivity contribution in [3.8, 4) is 5.19 Å². The second-order valence-corrected chi connectivity index (χ2v) is 6.61. The van der Waals surface area contributed by atoms with Gasteiger partial charge in [0.15, 0.2) is 0 Å². The van der Waals surface area contributed by atoms with E-state index in [1.54, 1.807) is 18.2 Å². The Bertz CT molecular complexity index is 984. The standard InChI is InChI=1S/C18H17N3O4S/c1-10-3-2-4-11(7-8-22)15(10)21-16(23)12-5-6-13-14(9-12)26-18(20-13)25-17(19)24/h2-6,9,22H,7-8H2,1H3,(H2,19,24)(H,21,23). The summed E-state index contributed by atoms with van der Waals surface area (Å²) in [7, 11) is 0. The number of carbonyl (C=O) groups excluding carboxylic acids is 2. The molecule has 0 saturated carbocycles. The van der Waals surface area contributed by atoms with Gasteiger partial charge in [0.2, 0.25) is 0 Å². The van der Waals surface area contributed by atoms with Crippen molar-refractivity contribution in [2.45, 2.75) is 13.3 Å². The van der Waals surface area contributed by atoms with Crippen LogP contribution in [-0.2, 0) is 6.42 Å². The fraction of sp³-hybridized carbons (Fsp3) is 0.167. The van der Waals surface area contributed by atoms with Crippen LogP contribution in [0.25, 0.3) is 10.2 Å². The number of ether oxygens (including phenoxy) is 1. The summed E-state index contributed by atoms with van der Waals surface area (Å²) in [6, 6.07) is 10.7. The fourth-order valence-electron chi connectivity index (χ4n) is 2.60. The molecule has 4 N–H and O–H groups in total. The Kier molecular flexibility index (Phi) is 5.15. The molecule has 0 radical (unpaired) electrons. The molecule has 134 valence electrons. The van der Waals surface area contributed by atoms with E-state index in [-0.39, 0.29) is 17.7 Å². The summed E-state index contributed by atoms with van der Waals surface area (Å²) in [4.78, 5) is 27.6. The Morgan fingerprint density at radius 2 is 2.12 bits per heavy atom. The van der Waals surface area contributed by atoms with Gasteiger partial charge in [-0.3, -0.25) is 4.79 Å². The van der Waals surface area contributed by atoms with Crippen LogP contribution in [0.4, 0.5) is 10.5 Å². The average Bonchev–Trinajstić information content (AvgIpc) is 2.98. The molecular weight excluding hydrogens is 354 g/mol. The molecule has 0 aliphatic carbocycles. The van der Waals surface area contributed by atoms with Crippen molar-refractivity contribution >= 4 is 39.2 Å². The summed E-state index contributed by atoms with van der Waals surface area (Å²) in [5.41, 5.74) is 8.54. The summed E-state index contributed by atoms with van der Waals surface area (Å²) in [6.45, 7) is 1.90. The van der Waals surface area contributed by atoms with Gasteiger partial charge in [0, 0.05) is 17.9 Å². The van der Waals surface area contributed by atoms with E-state index in [0.29, 0.717) is 27.9 Å². The predicted octanol–water partition coefficient (Wildman–Crippen LogP) is 2.85. The number of primary amides is 1. The monoisotopic (exact) mass is 371 g/mol. The van der Waals surface area contributed by atoms with Crippen LogP contribution < -0.4 is 15.8 Å². The van der Waals surface area contributed by atoms with Gasteiger partial charge in [-0.15, -0.1) is 0 Å². The minimum Gasteiger partial charge on any atom is -0.396 e. The van der Waals surface area contributed by atoms with Crippen LogP contribution in [0.1, 0.15) is 21.5 Å². The minimum atomic E-state index is -0.932. The molecule has 3 aromatic rings. The summed E-state index contributed by atoms with van der Waals surface area (Å²) < 4.78 is 5.48. The Hall–Kier alpha value is -2.97. The first kappa shape index (κ1) is 17.8. The van der Waals surface area contributed by atoms with E-state index >= 15 is 0 Å². The van der Waals surface area contributed by atoms with E-state index in [1.807, 2.05) is 25.1 Å². The smallest absolute Gasteiger partial charge is 0.396 e. The lowest BCUT2D eigenvalue weighted by Crippen LogP contribution is -2.15. The zero-order valence-electron chi connectivity index (χ0n) is 14.0. The van der Waals surface area contributed by atoms with Crippen molar-refractivity contribution in [3.63, 3.8) is 0 Å². The number of aliphatic hydroxyl groups is 1. The molecule has 8 heteroatoms. The number of fused-ring (bicyclic) bond motifs is 1. The Morgan fingerprint density at radius 1 is 1.31 bits per heavy atom. The number of hydrogen-bond acceptors (Lipinski definition) is 6. The predicted molar refractivity (Wildman–Crippen MR) is 99.8 cm³/mol. The second-order valence-electron chi connectivity index (χ2n) is 5.62. The molecule has 1 heterocycles. The van der Waals surface area contributed by atoms with Gasteiger partial charge < -0.3 is 20.9 Å². The number of nitrogens with zero attached hydrogens (tertiary/aromatic N) is 1. The Morgan fingerprint density at radius 3 is 2.85 bits per heavy atom. The zero-order valence-corrected chi connectivity index (χ0v) is 14.8. The van der Waals surface area contributed by atoms with E-state index in [1.165, 1.54) is 0 Å². The van der Waals surface area contributed by atoms with E-state index in [4.69, 9.17) is 10.5 Å². The lowest BCUT2D eigenvalue weighted by Gasteiger charge is -2.13. The maximum absolute atomic E-state index is 12.7. The number of nitrogens with one attached hydrogen (secondary N) is 1. The number of para-hydroxylation sites is 1. The van der Waals surface area contributed by atoms with E-state index in [2.05, 4.69) is 10.3 Å². The number of aliphatic hydroxyl groups excluding tert-OH is 1. The molecule has 0 saturated heterocycles. The summed E-state index contributed by atoms with van der Waals surface area (Å²) >= 11 is 1.13. The molecule has 7 nitrogen and oxygen atoms in total. The normalized spacial score (nSPS) is 10.7. The molecule has 0 aliphatic rings. The highest BCUT2D eigenvalue weighted by Gasteiger charge is 2.14. The van der Waals surface area contributed by atoms with Gasteiger partial charge in [-0.25, -0.2) is 9.78 Å². The molecule has 0 unspecified atom stereocenters. The molecule has 0 bridgehead atoms. The maximum Gasteiger partial charge on any atom is 0.411 e. The number of thiazole rings is 1. The van der Waals surface area contributed by atoms with Gasteiger partial charge >= 0.3 is 6.09 Å². The first-order valence-corrected chi connectivity index (χ1v) is 8.68. The number of amides is 2. The molecule has 2 amide bonds. The number of hydrogen-bond donors (Lipinski definition) is 3. The zero-order chi connectivity index (χ0) is 18.7. The van der Waals surface area contributed by atoms with Crippen LogP contribution >= 0.6 is 11.3 Å². The highest BCUT2D eigenvalue weighted by Crippen LogP contribution is 2.29. The first-order chi connectivity index (χ1) is 12.5. The summed E-state index contributed by atoms with van der Waals surface area (Å²) in [5.74, 6) is -0.272. The molecule has 0 atom stereocenters. The Balaban J connectivity index is 1.87. The van der Waals surface area contributed by atoms with Crippen LogP contribution in [0, 0.1) is 6.92 Å². The fourth-order valence-corrected chi connectivity index (χ4v) is 3.46. The van der Waals surface area contributed by atoms with Gasteiger partial charge in [0.25, 0.3) is 11.1 Å². The number of rotatable bonds is 5. The molecule has 0 aliphatic heterocycles. The number of nitrogens with two attached hydrogens (primary N) is 1. The third kappa shape index (κ3) is 3.81. The minimum absolute atomic E-state index is 0.00177. The van der Waals surface area contributed by atoms with Crippen LogP contribution in [0.15, 0.2) is 36.4 Å². The number of benzene rings is 2. The largest absolute Gasteiger partial charge is 0.411 e. The Labute approximate surface area is 153 Å². The van der Waals surface area contributed by atoms with Gasteiger partial charge in [-0.1, -0.05) is 29.5 Å². The third-order valence-electron chi connectivity index (χ3n) is 3.80. The quantitative estimate of drug-likeness (QED) is 0.638. The molecule has 0 fully saturated rings. The van der Waals surface area contributed by atoms with Crippen LogP contribution in [0.5, 0.6) is 5.19 Å². The maximum atomic E-state index is 12.7. The van der Waals surface area contributed by atoms with Crippen molar-refractivity contribution in [3.05, 3.63) is 53.1 Å². The van der Waals surface area contributed by atoms with Gasteiger partial charge in [-0.05, 0) is 42.7 Å². The van der Waals surface area contributed by atoms with E-state index in [0.717, 1.165) is 22.5 Å². The van der Waals surface area contributed by atoms with E-state index in [9.17, 15) is 14.7 Å². The van der Waals surface area contributed by atoms with Gasteiger partial charge in [0.1, 0.15) is 0 Å². The highest BCUT2D eigenvalue weighted by molar-refractivity contribution is 7.20. The van der Waals surface area contributed by atoms with Gasteiger partial charge in [0.05, 0.1) is 10.2 Å². The van der Waals surface area contributed by atoms with Crippen LogP contribution in [0.3, 0.4) is 0 Å². The molecule has 0 spiro atoms. The molecule has 1 aromatic heterocycles. The summed E-state index contributed by atoms with van der Waals surface area (Å²) in [5, 5.41) is 12.3. The molecular formula is C18H17N3O4S. The van der Waals surface area contributed by atoms with Crippen molar-refractivity contribution < 1.29 is 19.4 Å². The number of aromatic nitrogens is 1. The van der Waals surface area contributed by atoms with Crippen molar-refractivity contribution in [1.29, 1.82) is 0 Å². The molecule has 26 heavy (non-hydrogen) atoms. The van der Waals surface area contributed by atoms with Crippen molar-refractivity contribution in [2.24, 2.45) is 5.73 Å². The molecule has 2 aromatic carbocycles. The summed E-state index contributed by atoms with van der Waals surface area (Å²) in [6.07, 6.45) is -0.475. The van der Waals surface area contributed by atoms with Crippen LogP contribution in [0.2, 0.25) is 0 Å². The average molecular weight is 371 g/mol. The number of aryl methyl sites for hydroxylation is 1. The van der Waals surface area contributed by atoms with E-state index < -0.39 is 6.09 Å². The molecule has 3 rings (SSSR count). The van der Waals surface area contributed by atoms with Crippen molar-refractivity contribution in [1.82, 2.24) is 4.98 Å². The first-order valence-electron chi connectivity index (χ1n) is 7.86. The lowest BCUT2D eigenvalue weighted by atomic mass is 10.0. The van der Waals surface area contributed by atoms with Crippen LogP contribution in [-0.4, -0.2) is 28.7 Å². The topological polar surface area (TPSA) is 115 Å². The lowest BCUT2D eigenvalue weighted by molar-refractivity contribution is 0.102. The number of carbonyl (C=O) groups is 2. The third-order valence-corrected chi connectivity index (χ3v) is 4.69. The SMILES string of the molecule is Cc1cccc(CCO)c1NC(=O)c1ccc2nc(OC(N)=O)sc2c1. The second kappa shape index (κ2) is 7.51. The van der Waals surface area contributed by atoms with Crippen molar-refractivity contribution in [2.75, 3.05) is 11.9 Å². The highest BCUT2D eigenvalue weighted by atomic mass is 32.1. The number of anilines is 1. The van der Waals surface area contributed by atoms with Gasteiger partial charge in [-0.2, -0.15) is 0 Å².